The van der Waals surface area contributed by atoms with Crippen LogP contribution in [0.3, 0.4) is 0 Å². The first-order valence-corrected chi connectivity index (χ1v) is 7.27. The minimum atomic E-state index is -0.392. The highest BCUT2D eigenvalue weighted by Crippen LogP contribution is 2.16. The van der Waals surface area contributed by atoms with Crippen molar-refractivity contribution in [2.24, 2.45) is 0 Å². The lowest BCUT2D eigenvalue weighted by molar-refractivity contribution is 0.316. The molecule has 114 valence electrons. The first-order chi connectivity index (χ1) is 10.6. The summed E-state index contributed by atoms with van der Waals surface area (Å²) in [6.07, 6.45) is 0. The highest BCUT2D eigenvalue weighted by Gasteiger charge is 2.10. The summed E-state index contributed by atoms with van der Waals surface area (Å²) in [6.45, 7) is 3.65. The van der Waals surface area contributed by atoms with Gasteiger partial charge in [0.2, 0.25) is 0 Å². The van der Waals surface area contributed by atoms with Crippen LogP contribution in [0.4, 0.5) is 10.1 Å². The van der Waals surface area contributed by atoms with Gasteiger partial charge < -0.3 is 10.2 Å². The molecule has 0 aliphatic carbocycles. The molecule has 1 atom stereocenters. The highest BCUT2D eigenvalue weighted by atomic mass is 19.1. The lowest BCUT2D eigenvalue weighted by Gasteiger charge is -2.23. The second kappa shape index (κ2) is 7.58. The number of anilines is 1. The molecule has 0 amide bonds. The van der Waals surface area contributed by atoms with Gasteiger partial charge in [0, 0.05) is 19.1 Å². The minimum Gasteiger partial charge on any atom is -0.379 e. The molecule has 0 heterocycles. The summed E-state index contributed by atoms with van der Waals surface area (Å²) in [4.78, 5) is 2.19. The van der Waals surface area contributed by atoms with Gasteiger partial charge in [-0.1, -0.05) is 30.3 Å². The van der Waals surface area contributed by atoms with Gasteiger partial charge in [-0.3, -0.25) is 0 Å². The Morgan fingerprint density at radius 2 is 1.95 bits per heavy atom. The molecule has 0 spiro atoms. The number of hydrogen-bond donors (Lipinski definition) is 1. The average molecular weight is 297 g/mol. The van der Waals surface area contributed by atoms with E-state index in [1.165, 1.54) is 11.6 Å². The van der Waals surface area contributed by atoms with E-state index in [4.69, 9.17) is 5.26 Å². The van der Waals surface area contributed by atoms with E-state index in [-0.39, 0.29) is 6.04 Å². The number of nitrogens with zero attached hydrogens (tertiary/aromatic N) is 2. The molecular weight excluding hydrogens is 277 g/mol. The van der Waals surface area contributed by atoms with Crippen molar-refractivity contribution >= 4 is 5.69 Å². The molecule has 0 aliphatic heterocycles. The number of likely N-dealkylation sites (N-methyl/N-ethyl adjacent to an activating group) is 1. The maximum absolute atomic E-state index is 13.9. The van der Waals surface area contributed by atoms with Crippen LogP contribution in [0.15, 0.2) is 48.5 Å². The maximum Gasteiger partial charge on any atom is 0.147 e. The van der Waals surface area contributed by atoms with Gasteiger partial charge in [-0.25, -0.2) is 4.39 Å². The van der Waals surface area contributed by atoms with Crippen LogP contribution in [0.1, 0.15) is 18.1 Å². The Morgan fingerprint density at radius 1 is 1.23 bits per heavy atom. The Labute approximate surface area is 131 Å². The van der Waals surface area contributed by atoms with Crippen molar-refractivity contribution < 1.29 is 4.39 Å². The molecule has 0 saturated heterocycles. The predicted octanol–water partition coefficient (Wildman–Crippen LogP) is 3.63. The van der Waals surface area contributed by atoms with Crippen molar-refractivity contribution in [3.05, 3.63) is 65.5 Å². The molecule has 2 aromatic rings. The third kappa shape index (κ3) is 4.57. The fraction of sp³-hybridized carbons (Fsp3) is 0.278. The average Bonchev–Trinajstić information content (AvgIpc) is 2.50. The maximum atomic E-state index is 13.9. The van der Waals surface area contributed by atoms with Crippen LogP contribution in [-0.4, -0.2) is 24.5 Å². The van der Waals surface area contributed by atoms with E-state index in [1.807, 2.05) is 38.2 Å². The van der Waals surface area contributed by atoms with E-state index in [9.17, 15) is 4.39 Å². The molecule has 2 rings (SSSR count). The molecule has 2 aromatic carbocycles. The Balaban J connectivity index is 1.90. The zero-order chi connectivity index (χ0) is 15.9. The molecule has 0 saturated carbocycles. The Hall–Kier alpha value is -2.38. The largest absolute Gasteiger partial charge is 0.379 e. The summed E-state index contributed by atoms with van der Waals surface area (Å²) in [6, 6.07) is 16.7. The van der Waals surface area contributed by atoms with E-state index in [0.29, 0.717) is 11.3 Å². The summed E-state index contributed by atoms with van der Waals surface area (Å²) in [7, 11) is 2.04. The third-order valence-electron chi connectivity index (χ3n) is 3.38. The quantitative estimate of drug-likeness (QED) is 0.885. The van der Waals surface area contributed by atoms with Gasteiger partial charge in [0.15, 0.2) is 0 Å². The van der Waals surface area contributed by atoms with E-state index >= 15 is 0 Å². The minimum absolute atomic E-state index is 0.0937. The second-order valence-corrected chi connectivity index (χ2v) is 5.53. The van der Waals surface area contributed by atoms with Gasteiger partial charge in [0.25, 0.3) is 0 Å². The van der Waals surface area contributed by atoms with E-state index in [1.54, 1.807) is 12.1 Å². The van der Waals surface area contributed by atoms with Crippen LogP contribution in [0.5, 0.6) is 0 Å². The number of halogens is 1. The number of nitrogens with one attached hydrogen (secondary N) is 1. The third-order valence-corrected chi connectivity index (χ3v) is 3.38. The van der Waals surface area contributed by atoms with Crippen LogP contribution in [0.2, 0.25) is 0 Å². The molecule has 22 heavy (non-hydrogen) atoms. The summed E-state index contributed by atoms with van der Waals surface area (Å²) >= 11 is 0. The molecule has 1 unspecified atom stereocenters. The second-order valence-electron chi connectivity index (χ2n) is 5.53. The van der Waals surface area contributed by atoms with Crippen LogP contribution >= 0.6 is 0 Å². The van der Waals surface area contributed by atoms with Gasteiger partial charge in [-0.15, -0.1) is 0 Å². The van der Waals surface area contributed by atoms with Gasteiger partial charge >= 0.3 is 0 Å². The zero-order valence-corrected chi connectivity index (χ0v) is 12.9. The highest BCUT2D eigenvalue weighted by molar-refractivity contribution is 5.49. The van der Waals surface area contributed by atoms with Crippen LogP contribution in [-0.2, 0) is 6.54 Å². The monoisotopic (exact) mass is 297 g/mol. The summed E-state index contributed by atoms with van der Waals surface area (Å²) in [5, 5.41) is 11.9. The molecule has 0 bridgehead atoms. The number of hydrogen-bond acceptors (Lipinski definition) is 3. The molecule has 3 nitrogen and oxygen atoms in total. The van der Waals surface area contributed by atoms with E-state index in [0.717, 1.165) is 13.1 Å². The molecule has 4 heteroatoms. The topological polar surface area (TPSA) is 39.1 Å². The number of nitriles is 1. The summed E-state index contributed by atoms with van der Waals surface area (Å²) in [5.74, 6) is -0.392. The first-order valence-electron chi connectivity index (χ1n) is 7.27. The first kappa shape index (κ1) is 16.0. The van der Waals surface area contributed by atoms with Crippen molar-refractivity contribution in [1.82, 2.24) is 4.90 Å². The van der Waals surface area contributed by atoms with Gasteiger partial charge in [-0.05, 0) is 37.7 Å². The molecule has 0 aliphatic rings. The normalized spacial score (nSPS) is 12.0. The zero-order valence-electron chi connectivity index (χ0n) is 12.9. The van der Waals surface area contributed by atoms with Crippen molar-refractivity contribution in [3.63, 3.8) is 0 Å². The Morgan fingerprint density at radius 3 is 2.59 bits per heavy atom. The standard InChI is InChI=1S/C18H20FN3/c1-14(12-22(2)13-15-6-4-3-5-7-15)21-18-9-8-16(11-20)10-17(18)19/h3-10,14,21H,12-13H2,1-2H3. The SMILES string of the molecule is CC(CN(C)Cc1ccccc1)Nc1ccc(C#N)cc1F. The smallest absolute Gasteiger partial charge is 0.147 e. The Bertz CT molecular complexity index is 649. The molecule has 0 fully saturated rings. The summed E-state index contributed by atoms with van der Waals surface area (Å²) in [5.41, 5.74) is 2.01. The van der Waals surface area contributed by atoms with Crippen molar-refractivity contribution in [1.29, 1.82) is 5.26 Å². The van der Waals surface area contributed by atoms with Gasteiger partial charge in [-0.2, -0.15) is 5.26 Å². The van der Waals surface area contributed by atoms with Gasteiger partial charge in [0.05, 0.1) is 17.3 Å². The Kier molecular flexibility index (Phi) is 5.51. The van der Waals surface area contributed by atoms with Crippen LogP contribution < -0.4 is 5.32 Å². The lowest BCUT2D eigenvalue weighted by atomic mass is 10.2. The fourth-order valence-electron chi connectivity index (χ4n) is 2.44. The summed E-state index contributed by atoms with van der Waals surface area (Å²) < 4.78 is 13.9. The van der Waals surface area contributed by atoms with Crippen molar-refractivity contribution in [3.8, 4) is 6.07 Å². The van der Waals surface area contributed by atoms with Gasteiger partial charge in [0.1, 0.15) is 5.82 Å². The van der Waals surface area contributed by atoms with E-state index in [2.05, 4.69) is 22.3 Å². The van der Waals surface area contributed by atoms with Crippen molar-refractivity contribution in [2.45, 2.75) is 19.5 Å². The van der Waals surface area contributed by atoms with E-state index < -0.39 is 5.82 Å². The fourth-order valence-corrected chi connectivity index (χ4v) is 2.44. The lowest BCUT2D eigenvalue weighted by Crippen LogP contribution is -2.32. The van der Waals surface area contributed by atoms with Crippen LogP contribution in [0.25, 0.3) is 0 Å². The number of rotatable bonds is 6. The van der Waals surface area contributed by atoms with Crippen molar-refractivity contribution in [2.75, 3.05) is 18.9 Å². The van der Waals surface area contributed by atoms with Crippen LogP contribution in [0, 0.1) is 17.1 Å². The molecule has 1 N–H and O–H groups in total. The number of benzene rings is 2. The molecule has 0 aromatic heterocycles. The molecular formula is C18H20FN3. The predicted molar refractivity (Wildman–Crippen MR) is 87.0 cm³/mol. The molecule has 0 radical (unpaired) electrons.